The van der Waals surface area contributed by atoms with Crippen molar-refractivity contribution in [3.05, 3.63) is 39.9 Å². The Balaban J connectivity index is 1.85. The monoisotopic (exact) mass is 359 g/mol. The lowest BCUT2D eigenvalue weighted by molar-refractivity contribution is 0.0695. The predicted octanol–water partition coefficient (Wildman–Crippen LogP) is 2.14. The molecule has 1 aromatic heterocycles. The quantitative estimate of drug-likeness (QED) is 0.910. The molecule has 2 aromatic rings. The third-order valence-electron chi connectivity index (χ3n) is 5.91. The summed E-state index contributed by atoms with van der Waals surface area (Å²) in [6, 6.07) is 3.75. The minimum atomic E-state index is -1.29. The molecule has 2 atom stereocenters. The van der Waals surface area contributed by atoms with Crippen LogP contribution in [0.3, 0.4) is 0 Å². The van der Waals surface area contributed by atoms with Crippen molar-refractivity contribution in [2.24, 2.45) is 0 Å². The second-order valence-corrected chi connectivity index (χ2v) is 7.24. The minimum Gasteiger partial charge on any atom is -0.477 e. The minimum absolute atomic E-state index is 0.116. The molecule has 3 heterocycles. The highest BCUT2D eigenvalue weighted by Crippen LogP contribution is 2.33. The predicted molar refractivity (Wildman–Crippen MR) is 97.6 cm³/mol. The van der Waals surface area contributed by atoms with Gasteiger partial charge in [0.2, 0.25) is 5.43 Å². The van der Waals surface area contributed by atoms with Crippen LogP contribution in [-0.4, -0.2) is 52.8 Å². The molecule has 26 heavy (non-hydrogen) atoms. The maximum atomic E-state index is 14.9. The molecular formula is C19H22FN3O3. The lowest BCUT2D eigenvalue weighted by Crippen LogP contribution is -2.52. The average molecular weight is 359 g/mol. The Morgan fingerprint density at radius 2 is 1.92 bits per heavy atom. The summed E-state index contributed by atoms with van der Waals surface area (Å²) in [6.07, 6.45) is 3.59. The lowest BCUT2D eigenvalue weighted by Gasteiger charge is -2.40. The lowest BCUT2D eigenvalue weighted by atomic mass is 10.1. The van der Waals surface area contributed by atoms with Gasteiger partial charge in [0.05, 0.1) is 11.2 Å². The van der Waals surface area contributed by atoms with E-state index in [1.54, 1.807) is 10.6 Å². The zero-order chi connectivity index (χ0) is 18.6. The largest absolute Gasteiger partial charge is 0.477 e. The molecule has 0 saturated carbocycles. The van der Waals surface area contributed by atoms with Gasteiger partial charge in [0.1, 0.15) is 11.4 Å². The van der Waals surface area contributed by atoms with Gasteiger partial charge in [-0.05, 0) is 38.9 Å². The van der Waals surface area contributed by atoms with Crippen molar-refractivity contribution in [3.8, 4) is 0 Å². The van der Waals surface area contributed by atoms with Crippen LogP contribution < -0.4 is 10.3 Å². The molecule has 6 nitrogen and oxygen atoms in total. The van der Waals surface area contributed by atoms with E-state index < -0.39 is 17.2 Å². The van der Waals surface area contributed by atoms with Crippen LogP contribution in [0.5, 0.6) is 0 Å². The fourth-order valence-electron chi connectivity index (χ4n) is 4.37. The zero-order valence-electron chi connectivity index (χ0n) is 14.9. The zero-order valence-corrected chi connectivity index (χ0v) is 14.9. The van der Waals surface area contributed by atoms with Crippen molar-refractivity contribution in [1.82, 2.24) is 9.47 Å². The van der Waals surface area contributed by atoms with Crippen LogP contribution in [0.4, 0.5) is 10.1 Å². The molecule has 0 aliphatic carbocycles. The van der Waals surface area contributed by atoms with Crippen molar-refractivity contribution in [2.75, 3.05) is 25.0 Å². The third kappa shape index (κ3) is 2.49. The van der Waals surface area contributed by atoms with Gasteiger partial charge >= 0.3 is 5.97 Å². The van der Waals surface area contributed by atoms with Crippen LogP contribution >= 0.6 is 0 Å². The summed E-state index contributed by atoms with van der Waals surface area (Å²) in [7, 11) is 2.12. The van der Waals surface area contributed by atoms with Gasteiger partial charge in [-0.3, -0.25) is 9.69 Å². The molecule has 0 amide bonds. The topological polar surface area (TPSA) is 65.8 Å². The van der Waals surface area contributed by atoms with E-state index in [0.29, 0.717) is 29.8 Å². The number of fused-ring (bicyclic) bond motifs is 3. The first-order chi connectivity index (χ1) is 12.4. The first kappa shape index (κ1) is 17.0. The van der Waals surface area contributed by atoms with Crippen LogP contribution in [0.2, 0.25) is 0 Å². The van der Waals surface area contributed by atoms with Crippen LogP contribution in [-0.2, 0) is 6.54 Å². The van der Waals surface area contributed by atoms with Gasteiger partial charge in [-0.1, -0.05) is 0 Å². The number of rotatable bonds is 3. The van der Waals surface area contributed by atoms with Gasteiger partial charge in [-0.2, -0.15) is 0 Å². The summed E-state index contributed by atoms with van der Waals surface area (Å²) in [4.78, 5) is 28.2. The Morgan fingerprint density at radius 1 is 1.27 bits per heavy atom. The van der Waals surface area contributed by atoms with Crippen molar-refractivity contribution < 1.29 is 14.3 Å². The number of hydrogen-bond donors (Lipinski definition) is 1. The number of aryl methyl sites for hydroxylation is 1. The standard InChI is InChI=1S/C19H22FN3O3/c1-3-22-10-14(19(25)26)18(24)13-6-15(20)17(7-16(13)22)23-8-11-4-5-12(9-23)21(11)2/h6-7,10-12H,3-5,8-9H2,1-2H3,(H,25,26)/t11-,12+. The molecule has 2 aliphatic heterocycles. The number of piperazine rings is 1. The number of hydrogen-bond acceptors (Lipinski definition) is 4. The number of pyridine rings is 1. The van der Waals surface area contributed by atoms with Crippen molar-refractivity contribution in [3.63, 3.8) is 0 Å². The molecule has 1 aromatic carbocycles. The van der Waals surface area contributed by atoms with Gasteiger partial charge in [-0.25, -0.2) is 9.18 Å². The number of likely N-dealkylation sites (N-methyl/N-ethyl adjacent to an activating group) is 1. The number of carboxylic acid groups (broad SMARTS) is 1. The first-order valence-corrected chi connectivity index (χ1v) is 8.97. The molecule has 7 heteroatoms. The third-order valence-corrected chi connectivity index (χ3v) is 5.91. The normalized spacial score (nSPS) is 23.0. The molecule has 0 radical (unpaired) electrons. The fraction of sp³-hybridized carbons (Fsp3) is 0.474. The summed E-state index contributed by atoms with van der Waals surface area (Å²) >= 11 is 0. The highest BCUT2D eigenvalue weighted by molar-refractivity contribution is 5.93. The van der Waals surface area contributed by atoms with E-state index in [2.05, 4.69) is 16.8 Å². The highest BCUT2D eigenvalue weighted by atomic mass is 19.1. The second-order valence-electron chi connectivity index (χ2n) is 7.24. The van der Waals surface area contributed by atoms with Gasteiger partial charge in [0.25, 0.3) is 0 Å². The van der Waals surface area contributed by atoms with Gasteiger partial charge in [-0.15, -0.1) is 0 Å². The number of nitrogens with zero attached hydrogens (tertiary/aromatic N) is 3. The van der Waals surface area contributed by atoms with E-state index in [-0.39, 0.29) is 10.9 Å². The summed E-state index contributed by atoms with van der Waals surface area (Å²) in [5.41, 5.74) is 0.0996. The first-order valence-electron chi connectivity index (χ1n) is 8.97. The van der Waals surface area contributed by atoms with Gasteiger partial charge in [0, 0.05) is 43.3 Å². The number of anilines is 1. The number of aromatic nitrogens is 1. The molecule has 2 fully saturated rings. The van der Waals surface area contributed by atoms with Crippen LogP contribution in [0.25, 0.3) is 10.9 Å². The molecule has 4 rings (SSSR count). The molecule has 1 N–H and O–H groups in total. The fourth-order valence-corrected chi connectivity index (χ4v) is 4.37. The van der Waals surface area contributed by atoms with E-state index in [0.717, 1.165) is 25.9 Å². The molecule has 0 unspecified atom stereocenters. The van der Waals surface area contributed by atoms with E-state index in [1.807, 2.05) is 6.92 Å². The molecule has 2 aliphatic rings. The molecule has 0 spiro atoms. The SMILES string of the molecule is CCn1cc(C(=O)O)c(=O)c2cc(F)c(N3C[C@H]4CC[C@@H](C3)N4C)cc21. The van der Waals surface area contributed by atoms with Crippen LogP contribution in [0, 0.1) is 5.82 Å². The summed E-state index contributed by atoms with van der Waals surface area (Å²) in [5.74, 6) is -1.76. The van der Waals surface area contributed by atoms with E-state index in [1.165, 1.54) is 12.3 Å². The van der Waals surface area contributed by atoms with Gasteiger partial charge < -0.3 is 14.6 Å². The van der Waals surface area contributed by atoms with E-state index >= 15 is 0 Å². The highest BCUT2D eigenvalue weighted by Gasteiger charge is 2.38. The Kier molecular flexibility index (Phi) is 3.99. The molecule has 2 saturated heterocycles. The Hall–Kier alpha value is -2.41. The summed E-state index contributed by atoms with van der Waals surface area (Å²) < 4.78 is 16.6. The van der Waals surface area contributed by atoms with Gasteiger partial charge in [0.15, 0.2) is 0 Å². The average Bonchev–Trinajstić information content (AvgIpc) is 2.83. The number of carboxylic acids is 1. The maximum absolute atomic E-state index is 14.9. The number of aromatic carboxylic acids is 1. The van der Waals surface area contributed by atoms with Crippen molar-refractivity contribution >= 4 is 22.6 Å². The second kappa shape index (κ2) is 6.09. The van der Waals surface area contributed by atoms with Crippen molar-refractivity contribution in [1.29, 1.82) is 0 Å². The Morgan fingerprint density at radius 3 is 2.50 bits per heavy atom. The van der Waals surface area contributed by atoms with Crippen LogP contribution in [0.15, 0.2) is 23.1 Å². The van der Waals surface area contributed by atoms with Crippen molar-refractivity contribution in [2.45, 2.75) is 38.4 Å². The number of carbonyl (C=O) groups is 1. The smallest absolute Gasteiger partial charge is 0.341 e. The Labute approximate surface area is 150 Å². The van der Waals surface area contributed by atoms with Crippen LogP contribution in [0.1, 0.15) is 30.1 Å². The molecule has 138 valence electrons. The maximum Gasteiger partial charge on any atom is 0.341 e. The summed E-state index contributed by atoms with van der Waals surface area (Å²) in [5, 5.41) is 9.36. The number of benzene rings is 1. The Bertz CT molecular complexity index is 941. The number of halogens is 1. The molecule has 2 bridgehead atoms. The molecular weight excluding hydrogens is 337 g/mol. The van der Waals surface area contributed by atoms with E-state index in [4.69, 9.17) is 0 Å². The summed E-state index contributed by atoms with van der Waals surface area (Å²) in [6.45, 7) is 3.89. The van der Waals surface area contributed by atoms with E-state index in [9.17, 15) is 19.1 Å².